The fourth-order valence-corrected chi connectivity index (χ4v) is 3.44. The van der Waals surface area contributed by atoms with E-state index in [9.17, 15) is 8.42 Å². The topological polar surface area (TPSA) is 145 Å². The number of rotatable bonds is 4. The van der Waals surface area contributed by atoms with Gasteiger partial charge in [0.25, 0.3) is 0 Å². The van der Waals surface area contributed by atoms with Gasteiger partial charge in [-0.05, 0) is 34.6 Å². The standard InChI is InChI=1S/C12H21NO8S.C2H6O2/c1-10(2)18-7-5-16-12(6-17-22(13,14)15)9(8(7)19-10)20-11(3,4)21-12;1-2-4-3/h7-9H,5-6H2,1-4H3,(H2,13,14,15);3H,2H2,1H3/t7-,8-,9+,12+;/m1./s1. The van der Waals surface area contributed by atoms with Crippen LogP contribution in [-0.2, 0) is 43.1 Å². The van der Waals surface area contributed by atoms with Crippen molar-refractivity contribution in [3.63, 3.8) is 0 Å². The van der Waals surface area contributed by atoms with E-state index in [0.29, 0.717) is 6.61 Å². The van der Waals surface area contributed by atoms with Gasteiger partial charge in [-0.25, -0.2) is 10.0 Å². The Balaban J connectivity index is 0.000000552. The molecule has 0 bridgehead atoms. The number of ether oxygens (including phenoxy) is 5. The van der Waals surface area contributed by atoms with Crippen LogP contribution in [0.1, 0.15) is 34.6 Å². The Kier molecular flexibility index (Phi) is 6.35. The maximum atomic E-state index is 11.1. The van der Waals surface area contributed by atoms with Gasteiger partial charge in [-0.15, -0.1) is 0 Å². The van der Waals surface area contributed by atoms with E-state index >= 15 is 0 Å². The van der Waals surface area contributed by atoms with Crippen molar-refractivity contribution >= 4 is 10.3 Å². The highest BCUT2D eigenvalue weighted by molar-refractivity contribution is 7.84. The molecule has 3 saturated heterocycles. The smallest absolute Gasteiger partial charge is 0.333 e. The Morgan fingerprint density at radius 3 is 2.31 bits per heavy atom. The molecule has 0 saturated carbocycles. The average Bonchev–Trinajstić information content (AvgIpc) is 2.96. The number of nitrogens with two attached hydrogens (primary N) is 1. The van der Waals surface area contributed by atoms with Crippen molar-refractivity contribution in [3.8, 4) is 0 Å². The molecule has 3 aliphatic heterocycles. The van der Waals surface area contributed by atoms with E-state index in [1.54, 1.807) is 34.6 Å². The van der Waals surface area contributed by atoms with Gasteiger partial charge < -0.3 is 23.7 Å². The highest BCUT2D eigenvalue weighted by Gasteiger charge is 2.65. The third-order valence-electron chi connectivity index (χ3n) is 3.83. The maximum absolute atomic E-state index is 11.1. The molecule has 0 radical (unpaired) electrons. The quantitative estimate of drug-likeness (QED) is 0.491. The molecule has 0 unspecified atom stereocenters. The maximum Gasteiger partial charge on any atom is 0.333 e. The zero-order chi connectivity index (χ0) is 19.8. The molecule has 0 amide bonds. The van der Waals surface area contributed by atoms with Crippen LogP contribution in [0.15, 0.2) is 0 Å². The lowest BCUT2D eigenvalue weighted by molar-refractivity contribution is -0.290. The van der Waals surface area contributed by atoms with Crippen molar-refractivity contribution in [2.75, 3.05) is 19.8 Å². The summed E-state index contributed by atoms with van der Waals surface area (Å²) < 4.78 is 55.9. The van der Waals surface area contributed by atoms with Crippen LogP contribution in [-0.4, -0.2) is 69.2 Å². The van der Waals surface area contributed by atoms with Crippen LogP contribution >= 0.6 is 0 Å². The molecule has 12 heteroatoms. The molecule has 0 aromatic rings. The highest BCUT2D eigenvalue weighted by atomic mass is 32.2. The lowest BCUT2D eigenvalue weighted by Crippen LogP contribution is -2.60. The van der Waals surface area contributed by atoms with Gasteiger partial charge in [0.15, 0.2) is 11.6 Å². The first-order valence-electron chi connectivity index (χ1n) is 8.14. The molecule has 26 heavy (non-hydrogen) atoms. The Labute approximate surface area is 152 Å². The Morgan fingerprint density at radius 2 is 1.77 bits per heavy atom. The van der Waals surface area contributed by atoms with Crippen molar-refractivity contribution in [2.45, 2.75) is 70.3 Å². The monoisotopic (exact) mass is 401 g/mol. The number of hydrogen-bond donors (Lipinski definition) is 2. The van der Waals surface area contributed by atoms with Crippen molar-refractivity contribution in [3.05, 3.63) is 0 Å². The van der Waals surface area contributed by atoms with Gasteiger partial charge in [0.1, 0.15) is 24.9 Å². The highest BCUT2D eigenvalue weighted by Crippen LogP contribution is 2.47. The molecular weight excluding hydrogens is 374 g/mol. The Hall–Kier alpha value is -0.410. The fraction of sp³-hybridized carbons (Fsp3) is 1.00. The second-order valence-electron chi connectivity index (χ2n) is 6.97. The van der Waals surface area contributed by atoms with Gasteiger partial charge in [-0.3, -0.25) is 9.44 Å². The molecule has 4 atom stereocenters. The Morgan fingerprint density at radius 1 is 1.15 bits per heavy atom. The number of fused-ring (bicyclic) bond motifs is 3. The van der Waals surface area contributed by atoms with Gasteiger partial charge in [0.2, 0.25) is 5.79 Å². The lowest BCUT2D eigenvalue weighted by Gasteiger charge is -2.40. The van der Waals surface area contributed by atoms with E-state index in [4.69, 9.17) is 38.3 Å². The first kappa shape index (κ1) is 21.9. The van der Waals surface area contributed by atoms with Crippen LogP contribution in [0.25, 0.3) is 0 Å². The van der Waals surface area contributed by atoms with E-state index in [2.05, 4.69) is 4.89 Å². The molecule has 0 aliphatic carbocycles. The molecule has 3 N–H and O–H groups in total. The zero-order valence-electron chi connectivity index (χ0n) is 15.5. The summed E-state index contributed by atoms with van der Waals surface area (Å²) >= 11 is 0. The van der Waals surface area contributed by atoms with Crippen LogP contribution in [0.2, 0.25) is 0 Å². The molecule has 0 spiro atoms. The molecule has 154 valence electrons. The number of hydrogen-bond acceptors (Lipinski definition) is 10. The molecule has 3 heterocycles. The molecule has 3 fully saturated rings. The largest absolute Gasteiger partial charge is 0.343 e. The van der Waals surface area contributed by atoms with Crippen molar-refractivity contribution in [1.82, 2.24) is 0 Å². The third-order valence-corrected chi connectivity index (χ3v) is 4.27. The molecule has 3 rings (SSSR count). The zero-order valence-corrected chi connectivity index (χ0v) is 16.3. The average molecular weight is 401 g/mol. The van der Waals surface area contributed by atoms with Crippen LogP contribution < -0.4 is 5.14 Å². The first-order chi connectivity index (χ1) is 11.8. The van der Waals surface area contributed by atoms with E-state index in [1.807, 2.05) is 0 Å². The second-order valence-corrected chi connectivity index (χ2v) is 8.20. The first-order valence-corrected chi connectivity index (χ1v) is 9.61. The van der Waals surface area contributed by atoms with Gasteiger partial charge in [0, 0.05) is 0 Å². The van der Waals surface area contributed by atoms with Crippen LogP contribution in [0.3, 0.4) is 0 Å². The SMILES string of the molecule is CC1(C)O[C@@H]2[C@@H](CO[C@@]3(COS(N)(=O)=O)OC(C)(C)O[C@@H]23)O1.CCOO. The van der Waals surface area contributed by atoms with E-state index in [-0.39, 0.29) is 12.7 Å². The predicted molar refractivity (Wildman–Crippen MR) is 85.9 cm³/mol. The minimum absolute atomic E-state index is 0.165. The van der Waals surface area contributed by atoms with Crippen molar-refractivity contribution in [1.29, 1.82) is 0 Å². The molecule has 11 nitrogen and oxygen atoms in total. The summed E-state index contributed by atoms with van der Waals surface area (Å²) in [5.74, 6) is -3.19. The normalized spacial score (nSPS) is 37.4. The van der Waals surface area contributed by atoms with Gasteiger partial charge in [0.05, 0.1) is 13.2 Å². The minimum Gasteiger partial charge on any atom is -0.343 e. The molecular formula is C14H27NO10S. The molecule has 3 aliphatic rings. The fourth-order valence-electron chi connectivity index (χ4n) is 3.11. The van der Waals surface area contributed by atoms with Crippen LogP contribution in [0.4, 0.5) is 0 Å². The molecule has 0 aromatic heterocycles. The van der Waals surface area contributed by atoms with E-state index in [1.165, 1.54) is 0 Å². The second kappa shape index (κ2) is 7.54. The molecule has 0 aromatic carbocycles. The van der Waals surface area contributed by atoms with Gasteiger partial charge in [-0.1, -0.05) is 0 Å². The predicted octanol–water partition coefficient (Wildman–Crippen LogP) is 0.101. The van der Waals surface area contributed by atoms with Gasteiger partial charge >= 0.3 is 10.3 Å². The van der Waals surface area contributed by atoms with E-state index in [0.717, 1.165) is 0 Å². The summed E-state index contributed by atoms with van der Waals surface area (Å²) in [6.07, 6.45) is -1.50. The van der Waals surface area contributed by atoms with Crippen molar-refractivity contribution < 1.29 is 46.4 Å². The summed E-state index contributed by atoms with van der Waals surface area (Å²) in [5.41, 5.74) is 0. The minimum atomic E-state index is -4.14. The van der Waals surface area contributed by atoms with Crippen LogP contribution in [0.5, 0.6) is 0 Å². The summed E-state index contributed by atoms with van der Waals surface area (Å²) in [4.78, 5) is 3.54. The van der Waals surface area contributed by atoms with Gasteiger partial charge in [-0.2, -0.15) is 8.42 Å². The van der Waals surface area contributed by atoms with E-state index < -0.39 is 46.5 Å². The third kappa shape index (κ3) is 5.10. The summed E-state index contributed by atoms with van der Waals surface area (Å²) in [6, 6.07) is 0. The van der Waals surface area contributed by atoms with Crippen LogP contribution in [0, 0.1) is 0 Å². The Bertz CT molecular complexity index is 593. The van der Waals surface area contributed by atoms with Crippen molar-refractivity contribution in [2.24, 2.45) is 5.14 Å². The summed E-state index contributed by atoms with van der Waals surface area (Å²) in [6.45, 7) is 8.79. The summed E-state index contributed by atoms with van der Waals surface area (Å²) in [7, 11) is -4.14. The lowest BCUT2D eigenvalue weighted by atomic mass is 9.98. The summed E-state index contributed by atoms with van der Waals surface area (Å²) in [5, 5.41) is 12.3.